The number of aliphatic hydroxyl groups is 1. The van der Waals surface area contributed by atoms with Gasteiger partial charge < -0.3 is 5.11 Å². The first-order chi connectivity index (χ1) is 8.60. The Morgan fingerprint density at radius 3 is 2.33 bits per heavy atom. The molecule has 0 aromatic heterocycles. The zero-order chi connectivity index (χ0) is 13.2. The van der Waals surface area contributed by atoms with Crippen molar-refractivity contribution in [3.05, 3.63) is 0 Å². The van der Waals surface area contributed by atoms with Gasteiger partial charge in [0, 0.05) is 30.7 Å². The smallest absolute Gasteiger partial charge is 0.0499 e. The van der Waals surface area contributed by atoms with Crippen LogP contribution >= 0.6 is 0 Å². The SMILES string of the molecule is CCC1CCC(C)N1CC1(CO)CCC(C)CC1. The molecule has 1 aliphatic heterocycles. The first kappa shape index (κ1) is 14.3. The van der Waals surface area contributed by atoms with Crippen molar-refractivity contribution in [3.8, 4) is 0 Å². The summed E-state index contributed by atoms with van der Waals surface area (Å²) in [5.41, 5.74) is 0.207. The molecule has 0 radical (unpaired) electrons. The summed E-state index contributed by atoms with van der Waals surface area (Å²) in [7, 11) is 0. The van der Waals surface area contributed by atoms with E-state index < -0.39 is 0 Å². The van der Waals surface area contributed by atoms with Crippen molar-refractivity contribution in [2.24, 2.45) is 11.3 Å². The first-order valence-corrected chi connectivity index (χ1v) is 7.97. The molecule has 1 saturated carbocycles. The lowest BCUT2D eigenvalue weighted by Crippen LogP contribution is -2.46. The van der Waals surface area contributed by atoms with E-state index in [-0.39, 0.29) is 5.41 Å². The number of hydrogen-bond acceptors (Lipinski definition) is 2. The van der Waals surface area contributed by atoms with Gasteiger partial charge in [-0.15, -0.1) is 0 Å². The van der Waals surface area contributed by atoms with Crippen molar-refractivity contribution in [3.63, 3.8) is 0 Å². The minimum Gasteiger partial charge on any atom is -0.396 e. The molecule has 0 aromatic carbocycles. The van der Waals surface area contributed by atoms with Crippen LogP contribution in [0, 0.1) is 11.3 Å². The molecule has 1 saturated heterocycles. The van der Waals surface area contributed by atoms with Crippen molar-refractivity contribution in [1.29, 1.82) is 0 Å². The van der Waals surface area contributed by atoms with Gasteiger partial charge in [-0.1, -0.05) is 26.7 Å². The molecule has 0 spiro atoms. The fourth-order valence-corrected chi connectivity index (χ4v) is 3.98. The van der Waals surface area contributed by atoms with Crippen LogP contribution in [0.1, 0.15) is 65.7 Å². The molecule has 1 heterocycles. The lowest BCUT2D eigenvalue weighted by molar-refractivity contribution is 0.0147. The van der Waals surface area contributed by atoms with Crippen LogP contribution in [0.25, 0.3) is 0 Å². The summed E-state index contributed by atoms with van der Waals surface area (Å²) >= 11 is 0. The summed E-state index contributed by atoms with van der Waals surface area (Å²) in [6, 6.07) is 1.49. The standard InChI is InChI=1S/C16H31NO/c1-4-15-6-5-14(3)17(15)11-16(12-18)9-7-13(2)8-10-16/h13-15,18H,4-12H2,1-3H3. The molecule has 2 heteroatoms. The fourth-order valence-electron chi connectivity index (χ4n) is 3.98. The molecule has 18 heavy (non-hydrogen) atoms. The predicted molar refractivity (Wildman–Crippen MR) is 76.6 cm³/mol. The third kappa shape index (κ3) is 2.91. The third-order valence-electron chi connectivity index (χ3n) is 5.61. The maximum atomic E-state index is 9.91. The minimum absolute atomic E-state index is 0.207. The maximum absolute atomic E-state index is 9.91. The number of rotatable bonds is 4. The van der Waals surface area contributed by atoms with Crippen LogP contribution in [0.15, 0.2) is 0 Å². The highest BCUT2D eigenvalue weighted by molar-refractivity contribution is 4.93. The molecule has 2 fully saturated rings. The molecular weight excluding hydrogens is 222 g/mol. The monoisotopic (exact) mass is 253 g/mol. The summed E-state index contributed by atoms with van der Waals surface area (Å²) < 4.78 is 0. The van der Waals surface area contributed by atoms with Crippen molar-refractivity contribution >= 4 is 0 Å². The molecule has 0 amide bonds. The van der Waals surface area contributed by atoms with Crippen LogP contribution in [-0.2, 0) is 0 Å². The Hall–Kier alpha value is -0.0800. The molecule has 106 valence electrons. The number of hydrogen-bond donors (Lipinski definition) is 1. The van der Waals surface area contributed by atoms with Crippen molar-refractivity contribution in [2.75, 3.05) is 13.2 Å². The average Bonchev–Trinajstić information content (AvgIpc) is 2.73. The highest BCUT2D eigenvalue weighted by Crippen LogP contribution is 2.41. The Kier molecular flexibility index (Phi) is 4.71. The lowest BCUT2D eigenvalue weighted by Gasteiger charge is -2.43. The zero-order valence-electron chi connectivity index (χ0n) is 12.5. The quantitative estimate of drug-likeness (QED) is 0.829. The van der Waals surface area contributed by atoms with E-state index in [9.17, 15) is 5.11 Å². The molecule has 1 aliphatic carbocycles. The van der Waals surface area contributed by atoms with Gasteiger partial charge in [0.2, 0.25) is 0 Å². The van der Waals surface area contributed by atoms with E-state index >= 15 is 0 Å². The van der Waals surface area contributed by atoms with Crippen LogP contribution in [0.5, 0.6) is 0 Å². The minimum atomic E-state index is 0.207. The molecule has 1 N–H and O–H groups in total. The van der Waals surface area contributed by atoms with E-state index in [0.717, 1.165) is 24.5 Å². The number of nitrogens with zero attached hydrogens (tertiary/aromatic N) is 1. The van der Waals surface area contributed by atoms with Gasteiger partial charge in [-0.25, -0.2) is 0 Å². The lowest BCUT2D eigenvalue weighted by atomic mass is 9.71. The largest absolute Gasteiger partial charge is 0.396 e. The fraction of sp³-hybridized carbons (Fsp3) is 1.00. The Balaban J connectivity index is 2.01. The van der Waals surface area contributed by atoms with E-state index in [4.69, 9.17) is 0 Å². The molecule has 2 unspecified atom stereocenters. The number of likely N-dealkylation sites (tertiary alicyclic amines) is 1. The van der Waals surface area contributed by atoms with Crippen molar-refractivity contribution in [2.45, 2.75) is 77.8 Å². The van der Waals surface area contributed by atoms with Gasteiger partial charge in [0.05, 0.1) is 0 Å². The van der Waals surface area contributed by atoms with Crippen molar-refractivity contribution < 1.29 is 5.11 Å². The predicted octanol–water partition coefficient (Wildman–Crippen LogP) is 3.44. The van der Waals surface area contributed by atoms with Crippen LogP contribution in [0.4, 0.5) is 0 Å². The van der Waals surface area contributed by atoms with Crippen LogP contribution < -0.4 is 0 Å². The molecular formula is C16H31NO. The molecule has 0 aromatic rings. The molecule has 2 aliphatic rings. The van der Waals surface area contributed by atoms with E-state index in [1.165, 1.54) is 44.9 Å². The highest BCUT2D eigenvalue weighted by Gasteiger charge is 2.39. The average molecular weight is 253 g/mol. The van der Waals surface area contributed by atoms with Gasteiger partial charge in [-0.05, 0) is 44.9 Å². The zero-order valence-corrected chi connectivity index (χ0v) is 12.5. The van der Waals surface area contributed by atoms with Crippen molar-refractivity contribution in [1.82, 2.24) is 4.90 Å². The van der Waals surface area contributed by atoms with Gasteiger partial charge in [0.1, 0.15) is 0 Å². The summed E-state index contributed by atoms with van der Waals surface area (Å²) in [4.78, 5) is 2.70. The van der Waals surface area contributed by atoms with Crippen LogP contribution in [-0.4, -0.2) is 35.2 Å². The summed E-state index contributed by atoms with van der Waals surface area (Å²) in [5.74, 6) is 0.864. The van der Waals surface area contributed by atoms with Crippen LogP contribution in [0.3, 0.4) is 0 Å². The summed E-state index contributed by atoms with van der Waals surface area (Å²) in [5, 5.41) is 9.91. The second kappa shape index (κ2) is 5.92. The van der Waals surface area contributed by atoms with E-state index in [2.05, 4.69) is 25.7 Å². The van der Waals surface area contributed by atoms with E-state index in [1.54, 1.807) is 0 Å². The van der Waals surface area contributed by atoms with Gasteiger partial charge in [0.25, 0.3) is 0 Å². The Morgan fingerprint density at radius 2 is 1.78 bits per heavy atom. The summed E-state index contributed by atoms with van der Waals surface area (Å²) in [6.45, 7) is 8.56. The second-order valence-electron chi connectivity index (χ2n) is 7.00. The maximum Gasteiger partial charge on any atom is 0.0499 e. The molecule has 0 bridgehead atoms. The Labute approximate surface area is 113 Å². The Morgan fingerprint density at radius 1 is 1.11 bits per heavy atom. The summed E-state index contributed by atoms with van der Waals surface area (Å²) in [6.07, 6.45) is 9.03. The van der Waals surface area contributed by atoms with Gasteiger partial charge in [0.15, 0.2) is 0 Å². The van der Waals surface area contributed by atoms with Crippen LogP contribution in [0.2, 0.25) is 0 Å². The molecule has 2 atom stereocenters. The molecule has 2 nitrogen and oxygen atoms in total. The van der Waals surface area contributed by atoms with E-state index in [0.29, 0.717) is 6.61 Å². The normalized spacial score (nSPS) is 42.3. The van der Waals surface area contributed by atoms with E-state index in [1.807, 2.05) is 0 Å². The second-order valence-corrected chi connectivity index (χ2v) is 7.00. The highest BCUT2D eigenvalue weighted by atomic mass is 16.3. The Bertz CT molecular complexity index is 258. The van der Waals surface area contributed by atoms with Gasteiger partial charge in [-0.2, -0.15) is 0 Å². The molecule has 2 rings (SSSR count). The third-order valence-corrected chi connectivity index (χ3v) is 5.61. The topological polar surface area (TPSA) is 23.5 Å². The van der Waals surface area contributed by atoms with Gasteiger partial charge >= 0.3 is 0 Å². The van der Waals surface area contributed by atoms with Gasteiger partial charge in [-0.3, -0.25) is 4.90 Å². The number of aliphatic hydroxyl groups excluding tert-OH is 1. The first-order valence-electron chi connectivity index (χ1n) is 7.97.